The molecule has 7 nitrogen and oxygen atoms in total. The number of ether oxygens (including phenoxy) is 3. The Labute approximate surface area is 268 Å². The van der Waals surface area contributed by atoms with E-state index in [-0.39, 0.29) is 17.7 Å². The maximum absolute atomic E-state index is 13.9. The summed E-state index contributed by atoms with van der Waals surface area (Å²) in [6, 6.07) is 14.9. The Hall–Kier alpha value is -3.08. The van der Waals surface area contributed by atoms with E-state index in [1.54, 1.807) is 49.4 Å². The Morgan fingerprint density at radius 3 is 2.45 bits per heavy atom. The summed E-state index contributed by atoms with van der Waals surface area (Å²) in [4.78, 5) is 31.9. The van der Waals surface area contributed by atoms with Gasteiger partial charge < -0.3 is 14.2 Å². The number of carbonyl (C=O) groups excluding carboxylic acids is 1. The second kappa shape index (κ2) is 12.7. The van der Waals surface area contributed by atoms with E-state index >= 15 is 0 Å². The monoisotopic (exact) mass is 706 g/mol. The van der Waals surface area contributed by atoms with Crippen LogP contribution in [0.2, 0.25) is 15.1 Å². The first-order valence-corrected chi connectivity index (χ1v) is 15.2. The molecule has 1 aliphatic rings. The van der Waals surface area contributed by atoms with Gasteiger partial charge in [0.2, 0.25) is 0 Å². The van der Waals surface area contributed by atoms with Crippen LogP contribution in [-0.2, 0) is 16.1 Å². The zero-order valence-corrected chi connectivity index (χ0v) is 27.1. The van der Waals surface area contributed by atoms with Crippen molar-refractivity contribution in [2.45, 2.75) is 19.6 Å². The van der Waals surface area contributed by atoms with Crippen molar-refractivity contribution in [3.63, 3.8) is 0 Å². The molecule has 216 valence electrons. The van der Waals surface area contributed by atoms with E-state index in [1.807, 2.05) is 18.2 Å². The minimum absolute atomic E-state index is 0.224. The lowest BCUT2D eigenvalue weighted by molar-refractivity contribution is -0.136. The number of benzene rings is 3. The molecule has 4 aromatic rings. The predicted molar refractivity (Wildman–Crippen MR) is 169 cm³/mol. The van der Waals surface area contributed by atoms with Gasteiger partial charge in [-0.1, -0.05) is 58.3 Å². The fourth-order valence-electron chi connectivity index (χ4n) is 4.58. The van der Waals surface area contributed by atoms with Crippen LogP contribution in [0.15, 0.2) is 80.1 Å². The van der Waals surface area contributed by atoms with Crippen LogP contribution in [0.5, 0.6) is 11.5 Å². The third-order valence-corrected chi connectivity index (χ3v) is 8.99. The largest absolute Gasteiger partial charge is 0.496 e. The summed E-state index contributed by atoms with van der Waals surface area (Å²) < 4.78 is 19.2. The van der Waals surface area contributed by atoms with Gasteiger partial charge in [0.05, 0.1) is 34.5 Å². The first-order valence-electron chi connectivity index (χ1n) is 12.4. The molecule has 0 saturated carbocycles. The normalized spacial score (nSPS) is 14.8. The molecule has 42 heavy (non-hydrogen) atoms. The van der Waals surface area contributed by atoms with Gasteiger partial charge in [-0.05, 0) is 77.0 Å². The van der Waals surface area contributed by atoms with Gasteiger partial charge in [0.1, 0.15) is 24.1 Å². The number of halogens is 4. The fraction of sp³-hybridized carbons (Fsp3) is 0.167. The summed E-state index contributed by atoms with van der Waals surface area (Å²) in [5.41, 5.74) is 2.43. The second-order valence-electron chi connectivity index (χ2n) is 9.17. The predicted octanol–water partition coefficient (Wildman–Crippen LogP) is 6.72. The van der Waals surface area contributed by atoms with E-state index in [4.69, 9.17) is 49.0 Å². The molecule has 1 aliphatic heterocycles. The highest BCUT2D eigenvalue weighted by Gasteiger charge is 2.35. The number of esters is 1. The van der Waals surface area contributed by atoms with Gasteiger partial charge in [-0.15, -0.1) is 0 Å². The third-order valence-electron chi connectivity index (χ3n) is 6.57. The summed E-state index contributed by atoms with van der Waals surface area (Å²) in [6.45, 7) is 1.96. The van der Waals surface area contributed by atoms with Crippen LogP contribution in [-0.4, -0.2) is 24.8 Å². The van der Waals surface area contributed by atoms with E-state index in [1.165, 1.54) is 30.1 Å². The van der Waals surface area contributed by atoms with Gasteiger partial charge in [-0.2, -0.15) is 0 Å². The SMILES string of the molecule is COC(=O)C1=C(C)N=c2s/c(=C\c3ccc(OCc4ccc(Cl)cc4Cl)c(Br)c3)c(=O)n2[C@@H]1c1cc(Cl)ccc1OC. The molecule has 2 heterocycles. The Kier molecular flexibility index (Phi) is 9.15. The lowest BCUT2D eigenvalue weighted by Crippen LogP contribution is -2.40. The number of hydrogen-bond donors (Lipinski definition) is 0. The molecule has 0 spiro atoms. The minimum atomic E-state index is -0.855. The van der Waals surface area contributed by atoms with Crippen molar-refractivity contribution in [2.24, 2.45) is 4.99 Å². The molecular formula is C30H22BrCl3N2O5S. The Morgan fingerprint density at radius 1 is 1.05 bits per heavy atom. The summed E-state index contributed by atoms with van der Waals surface area (Å²) in [5.74, 6) is 0.470. The van der Waals surface area contributed by atoms with Crippen molar-refractivity contribution in [1.29, 1.82) is 0 Å². The highest BCUT2D eigenvalue weighted by molar-refractivity contribution is 9.10. The van der Waals surface area contributed by atoms with Crippen LogP contribution in [0.25, 0.3) is 6.08 Å². The lowest BCUT2D eigenvalue weighted by Gasteiger charge is -2.25. The summed E-state index contributed by atoms with van der Waals surface area (Å²) in [6.07, 6.45) is 1.76. The first-order chi connectivity index (χ1) is 20.1. The fourth-order valence-corrected chi connectivity index (χ4v) is 6.78. The molecule has 0 N–H and O–H groups in total. The second-order valence-corrected chi connectivity index (χ2v) is 12.3. The Balaban J connectivity index is 1.55. The van der Waals surface area contributed by atoms with Crippen molar-refractivity contribution in [3.05, 3.63) is 122 Å². The van der Waals surface area contributed by atoms with Crippen molar-refractivity contribution >= 4 is 74.1 Å². The molecule has 0 bridgehead atoms. The number of allylic oxidation sites excluding steroid dienone is 1. The number of aromatic nitrogens is 1. The van der Waals surface area contributed by atoms with Crippen LogP contribution in [0.4, 0.5) is 0 Å². The smallest absolute Gasteiger partial charge is 0.338 e. The molecule has 0 amide bonds. The average Bonchev–Trinajstić information content (AvgIpc) is 3.26. The molecule has 0 unspecified atom stereocenters. The van der Waals surface area contributed by atoms with Crippen molar-refractivity contribution < 1.29 is 19.0 Å². The number of methoxy groups -OCH3 is 2. The zero-order chi connectivity index (χ0) is 30.1. The standard InChI is InChI=1S/C30H22BrCl3N2O5S/c1-15-26(29(38)40-3)27(20-12-18(32)7-9-23(20)39-2)36-28(37)25(42-30(36)35-15)11-16-4-8-24(21(31)10-16)41-14-17-5-6-19(33)13-22(17)34/h4-13,27H,14H2,1-3H3/b25-11-/t27-/m1/s1. The number of hydrogen-bond acceptors (Lipinski definition) is 7. The quantitative estimate of drug-likeness (QED) is 0.199. The van der Waals surface area contributed by atoms with Crippen LogP contribution in [0, 0.1) is 0 Å². The van der Waals surface area contributed by atoms with Crippen molar-refractivity contribution in [1.82, 2.24) is 4.57 Å². The Morgan fingerprint density at radius 2 is 1.76 bits per heavy atom. The molecule has 0 saturated heterocycles. The molecule has 0 aliphatic carbocycles. The molecule has 5 rings (SSSR count). The van der Waals surface area contributed by atoms with Crippen LogP contribution in [0.1, 0.15) is 29.7 Å². The minimum Gasteiger partial charge on any atom is -0.496 e. The van der Waals surface area contributed by atoms with Crippen LogP contribution >= 0.6 is 62.1 Å². The van der Waals surface area contributed by atoms with Crippen LogP contribution < -0.4 is 24.4 Å². The maximum atomic E-state index is 13.9. The number of nitrogens with zero attached hydrogens (tertiary/aromatic N) is 2. The van der Waals surface area contributed by atoms with Gasteiger partial charge in [-0.3, -0.25) is 9.36 Å². The topological polar surface area (TPSA) is 79.1 Å². The van der Waals surface area contributed by atoms with Crippen LogP contribution in [0.3, 0.4) is 0 Å². The molecule has 1 aromatic heterocycles. The summed E-state index contributed by atoms with van der Waals surface area (Å²) in [7, 11) is 2.80. The van der Waals surface area contributed by atoms with Gasteiger partial charge >= 0.3 is 5.97 Å². The van der Waals surface area contributed by atoms with Gasteiger partial charge in [0.15, 0.2) is 4.80 Å². The highest BCUT2D eigenvalue weighted by atomic mass is 79.9. The average molecular weight is 709 g/mol. The molecular weight excluding hydrogens is 687 g/mol. The van der Waals surface area contributed by atoms with Crippen molar-refractivity contribution in [2.75, 3.05) is 14.2 Å². The summed E-state index contributed by atoms with van der Waals surface area (Å²) >= 11 is 23.4. The van der Waals surface area contributed by atoms with Gasteiger partial charge in [0, 0.05) is 26.2 Å². The van der Waals surface area contributed by atoms with Crippen molar-refractivity contribution in [3.8, 4) is 11.5 Å². The molecule has 0 fully saturated rings. The molecule has 3 aromatic carbocycles. The number of carbonyl (C=O) groups is 1. The van der Waals surface area contributed by atoms with Gasteiger partial charge in [-0.25, -0.2) is 9.79 Å². The van der Waals surface area contributed by atoms with E-state index in [0.29, 0.717) is 51.6 Å². The van der Waals surface area contributed by atoms with Gasteiger partial charge in [0.25, 0.3) is 5.56 Å². The third kappa shape index (κ3) is 6.02. The number of rotatable bonds is 7. The maximum Gasteiger partial charge on any atom is 0.338 e. The summed E-state index contributed by atoms with van der Waals surface area (Å²) in [5, 5.41) is 1.50. The number of thiazole rings is 1. The van der Waals surface area contributed by atoms with E-state index in [2.05, 4.69) is 20.9 Å². The first kappa shape index (κ1) is 30.4. The lowest BCUT2D eigenvalue weighted by atomic mass is 9.95. The molecule has 0 radical (unpaired) electrons. The van der Waals surface area contributed by atoms with E-state index in [9.17, 15) is 9.59 Å². The highest BCUT2D eigenvalue weighted by Crippen LogP contribution is 2.37. The van der Waals surface area contributed by atoms with E-state index < -0.39 is 12.0 Å². The number of fused-ring (bicyclic) bond motifs is 1. The zero-order valence-electron chi connectivity index (χ0n) is 22.4. The Bertz CT molecular complexity index is 1940. The molecule has 12 heteroatoms. The molecule has 1 atom stereocenters. The van der Waals surface area contributed by atoms with E-state index in [0.717, 1.165) is 11.1 Å².